The van der Waals surface area contributed by atoms with Gasteiger partial charge in [-0.1, -0.05) is 28.1 Å². The number of halogens is 2. The lowest BCUT2D eigenvalue weighted by Gasteiger charge is -2.16. The van der Waals surface area contributed by atoms with Gasteiger partial charge in [-0.05, 0) is 65.4 Å². The van der Waals surface area contributed by atoms with E-state index in [0.717, 1.165) is 19.1 Å². The normalized spacial score (nSPS) is 12.8. The first-order valence-corrected chi connectivity index (χ1v) is 8.12. The summed E-state index contributed by atoms with van der Waals surface area (Å²) in [6.45, 7) is 2.14. The highest BCUT2D eigenvalue weighted by Gasteiger charge is 2.15. The fraction of sp³-hybridized carbons (Fsp3) is 0.133. The number of hydrogen-bond acceptors (Lipinski definition) is 2. The Balaban J connectivity index is 2.16. The maximum absolute atomic E-state index is 6.12. The van der Waals surface area contributed by atoms with Crippen molar-refractivity contribution in [3.63, 3.8) is 0 Å². The maximum atomic E-state index is 6.12. The number of anilines is 1. The van der Waals surface area contributed by atoms with E-state index in [4.69, 9.17) is 5.73 Å². The highest BCUT2D eigenvalue weighted by Crippen LogP contribution is 2.29. The zero-order valence-corrected chi connectivity index (χ0v) is 14.6. The summed E-state index contributed by atoms with van der Waals surface area (Å²) in [5, 5.41) is 0. The van der Waals surface area contributed by atoms with E-state index in [0.29, 0.717) is 5.95 Å². The lowest BCUT2D eigenvalue weighted by Crippen LogP contribution is -2.10. The van der Waals surface area contributed by atoms with Crippen molar-refractivity contribution in [1.82, 2.24) is 9.55 Å². The first-order valence-electron chi connectivity index (χ1n) is 6.24. The predicted octanol–water partition coefficient (Wildman–Crippen LogP) is 4.59. The van der Waals surface area contributed by atoms with E-state index in [1.807, 2.05) is 12.1 Å². The molecule has 3 rings (SSSR count). The Morgan fingerprint density at radius 1 is 1.25 bits per heavy atom. The van der Waals surface area contributed by atoms with Gasteiger partial charge in [0.15, 0.2) is 0 Å². The highest BCUT2D eigenvalue weighted by molar-refractivity contribution is 14.1. The molecule has 0 bridgehead atoms. The molecule has 0 saturated carbocycles. The topological polar surface area (TPSA) is 43.8 Å². The number of hydrogen-bond donors (Lipinski definition) is 1. The van der Waals surface area contributed by atoms with E-state index in [1.54, 1.807) is 0 Å². The number of rotatable bonds is 2. The van der Waals surface area contributed by atoms with Gasteiger partial charge in [0.2, 0.25) is 5.95 Å². The Hall–Kier alpha value is -1.08. The largest absolute Gasteiger partial charge is 0.369 e. The molecule has 2 aromatic carbocycles. The predicted molar refractivity (Wildman–Crippen MR) is 94.8 cm³/mol. The standard InChI is InChI=1S/C15H13BrIN3/c1-9(10-3-2-4-11(16)7-10)20-14-6-5-12(17)8-13(14)19-15(20)18/h2-9H,1H3,(H2,18,19). The number of nitrogen functional groups attached to an aromatic ring is 1. The van der Waals surface area contributed by atoms with Gasteiger partial charge in [-0.25, -0.2) is 4.98 Å². The van der Waals surface area contributed by atoms with Crippen molar-refractivity contribution in [2.45, 2.75) is 13.0 Å². The van der Waals surface area contributed by atoms with Crippen LogP contribution in [0.3, 0.4) is 0 Å². The van der Waals surface area contributed by atoms with Gasteiger partial charge in [0.05, 0.1) is 17.1 Å². The minimum Gasteiger partial charge on any atom is -0.369 e. The number of fused-ring (bicyclic) bond motifs is 1. The Morgan fingerprint density at radius 2 is 2.05 bits per heavy atom. The fourth-order valence-corrected chi connectivity index (χ4v) is 3.30. The zero-order valence-electron chi connectivity index (χ0n) is 10.8. The molecule has 102 valence electrons. The first-order chi connectivity index (χ1) is 9.56. The van der Waals surface area contributed by atoms with Crippen LogP contribution in [0.2, 0.25) is 0 Å². The zero-order chi connectivity index (χ0) is 14.3. The molecule has 20 heavy (non-hydrogen) atoms. The molecule has 0 aliphatic heterocycles. The van der Waals surface area contributed by atoms with Gasteiger partial charge in [0.25, 0.3) is 0 Å². The van der Waals surface area contributed by atoms with Gasteiger partial charge < -0.3 is 10.3 Å². The van der Waals surface area contributed by atoms with Crippen molar-refractivity contribution >= 4 is 55.5 Å². The Kier molecular flexibility index (Phi) is 3.72. The van der Waals surface area contributed by atoms with E-state index >= 15 is 0 Å². The number of benzene rings is 2. The van der Waals surface area contributed by atoms with Gasteiger partial charge in [-0.2, -0.15) is 0 Å². The molecule has 1 atom stereocenters. The van der Waals surface area contributed by atoms with Gasteiger partial charge in [-0.15, -0.1) is 0 Å². The Morgan fingerprint density at radius 3 is 2.80 bits per heavy atom. The van der Waals surface area contributed by atoms with E-state index in [9.17, 15) is 0 Å². The van der Waals surface area contributed by atoms with Crippen LogP contribution in [0.5, 0.6) is 0 Å². The van der Waals surface area contributed by atoms with Gasteiger partial charge in [0, 0.05) is 8.04 Å². The highest BCUT2D eigenvalue weighted by atomic mass is 127. The third kappa shape index (κ3) is 2.44. The third-order valence-electron chi connectivity index (χ3n) is 3.40. The lowest BCUT2D eigenvalue weighted by atomic mass is 10.1. The van der Waals surface area contributed by atoms with Crippen molar-refractivity contribution in [3.05, 3.63) is 56.1 Å². The Labute approximate surface area is 139 Å². The summed E-state index contributed by atoms with van der Waals surface area (Å²) < 4.78 is 4.31. The van der Waals surface area contributed by atoms with Crippen LogP contribution in [-0.2, 0) is 0 Å². The van der Waals surface area contributed by atoms with Crippen LogP contribution < -0.4 is 5.73 Å². The molecule has 3 nitrogen and oxygen atoms in total. The second kappa shape index (κ2) is 5.37. The molecule has 1 aromatic heterocycles. The van der Waals surface area contributed by atoms with Crippen molar-refractivity contribution in [1.29, 1.82) is 0 Å². The van der Waals surface area contributed by atoms with Crippen LogP contribution >= 0.6 is 38.5 Å². The number of nitrogens with zero attached hydrogens (tertiary/aromatic N) is 2. The molecular weight excluding hydrogens is 429 g/mol. The summed E-state index contributed by atoms with van der Waals surface area (Å²) in [5.74, 6) is 0.550. The summed E-state index contributed by atoms with van der Waals surface area (Å²) in [6, 6.07) is 14.6. The molecule has 0 saturated heterocycles. The molecule has 1 unspecified atom stereocenters. The number of aromatic nitrogens is 2. The molecule has 1 heterocycles. The summed E-state index contributed by atoms with van der Waals surface area (Å²) in [7, 11) is 0. The smallest absolute Gasteiger partial charge is 0.201 e. The monoisotopic (exact) mass is 441 g/mol. The van der Waals surface area contributed by atoms with E-state index in [1.165, 1.54) is 5.56 Å². The fourth-order valence-electron chi connectivity index (χ4n) is 2.41. The van der Waals surface area contributed by atoms with Crippen molar-refractivity contribution in [2.75, 3.05) is 5.73 Å². The second-order valence-electron chi connectivity index (χ2n) is 4.70. The van der Waals surface area contributed by atoms with E-state index in [-0.39, 0.29) is 6.04 Å². The molecule has 0 aliphatic rings. The summed E-state index contributed by atoms with van der Waals surface area (Å²) in [6.07, 6.45) is 0. The molecule has 5 heteroatoms. The maximum Gasteiger partial charge on any atom is 0.201 e. The quantitative estimate of drug-likeness (QED) is 0.591. The molecule has 3 aromatic rings. The number of imidazole rings is 1. The SMILES string of the molecule is CC(c1cccc(Br)c1)n1c(N)nc2cc(I)ccc21. The van der Waals surface area contributed by atoms with Gasteiger partial charge in [-0.3, -0.25) is 0 Å². The van der Waals surface area contributed by atoms with Crippen LogP contribution in [0.15, 0.2) is 46.9 Å². The van der Waals surface area contributed by atoms with Gasteiger partial charge >= 0.3 is 0 Å². The summed E-state index contributed by atoms with van der Waals surface area (Å²) in [4.78, 5) is 4.47. The second-order valence-corrected chi connectivity index (χ2v) is 6.87. The van der Waals surface area contributed by atoms with Crippen LogP contribution in [0.4, 0.5) is 5.95 Å². The van der Waals surface area contributed by atoms with Crippen molar-refractivity contribution < 1.29 is 0 Å². The minimum atomic E-state index is 0.137. The number of nitrogens with two attached hydrogens (primary N) is 1. The Bertz CT molecular complexity index is 782. The molecule has 0 aliphatic carbocycles. The van der Waals surface area contributed by atoms with Crippen LogP contribution in [0.1, 0.15) is 18.5 Å². The average molecular weight is 442 g/mol. The minimum absolute atomic E-state index is 0.137. The lowest BCUT2D eigenvalue weighted by molar-refractivity contribution is 0.667. The molecule has 0 fully saturated rings. The van der Waals surface area contributed by atoms with Crippen LogP contribution in [0, 0.1) is 3.57 Å². The molecule has 0 spiro atoms. The van der Waals surface area contributed by atoms with E-state index < -0.39 is 0 Å². The molecule has 0 radical (unpaired) electrons. The average Bonchev–Trinajstić information content (AvgIpc) is 2.73. The molecule has 0 amide bonds. The van der Waals surface area contributed by atoms with Crippen molar-refractivity contribution in [2.24, 2.45) is 0 Å². The summed E-state index contributed by atoms with van der Waals surface area (Å²) >= 11 is 5.80. The van der Waals surface area contributed by atoms with Crippen molar-refractivity contribution in [3.8, 4) is 0 Å². The molecular formula is C15H13BrIN3. The van der Waals surface area contributed by atoms with Gasteiger partial charge in [0.1, 0.15) is 0 Å². The third-order valence-corrected chi connectivity index (χ3v) is 4.56. The van der Waals surface area contributed by atoms with Crippen LogP contribution in [0.25, 0.3) is 11.0 Å². The summed E-state index contributed by atoms with van der Waals surface area (Å²) in [5.41, 5.74) is 9.32. The molecule has 2 N–H and O–H groups in total. The van der Waals surface area contributed by atoms with E-state index in [2.05, 4.69) is 85.3 Å². The first kappa shape index (κ1) is 13.9. The van der Waals surface area contributed by atoms with Crippen LogP contribution in [-0.4, -0.2) is 9.55 Å².